The molecule has 1 fully saturated rings. The number of hydrogen-bond donors (Lipinski definition) is 0. The first-order valence-corrected chi connectivity index (χ1v) is 6.30. The zero-order valence-corrected chi connectivity index (χ0v) is 10.3. The lowest BCUT2D eigenvalue weighted by atomic mass is 10.1. The molecule has 92 valence electrons. The lowest BCUT2D eigenvalue weighted by Crippen LogP contribution is -2.33. The molecule has 0 saturated heterocycles. The van der Waals surface area contributed by atoms with Crippen molar-refractivity contribution >= 4 is 0 Å². The second kappa shape index (κ2) is 6.14. The van der Waals surface area contributed by atoms with Gasteiger partial charge in [0.15, 0.2) is 0 Å². The topological polar surface area (TPSA) is 63.7 Å². The van der Waals surface area contributed by atoms with Crippen molar-refractivity contribution in [1.82, 2.24) is 9.88 Å². The smallest absolute Gasteiger partial charge is 0.144 e. The van der Waals surface area contributed by atoms with Gasteiger partial charge in [0.25, 0.3) is 0 Å². The molecule has 0 radical (unpaired) electrons. The van der Waals surface area contributed by atoms with Gasteiger partial charge in [-0.15, -0.1) is 0 Å². The van der Waals surface area contributed by atoms with Crippen LogP contribution in [0.5, 0.6) is 0 Å². The molecule has 0 aromatic carbocycles. The number of rotatable bonds is 4. The molecule has 2 rings (SSSR count). The fourth-order valence-corrected chi connectivity index (χ4v) is 2.56. The van der Waals surface area contributed by atoms with Gasteiger partial charge in [-0.1, -0.05) is 18.9 Å². The summed E-state index contributed by atoms with van der Waals surface area (Å²) in [5, 5.41) is 18.0. The van der Waals surface area contributed by atoms with Crippen LogP contribution < -0.4 is 0 Å². The number of hydrogen-bond acceptors (Lipinski definition) is 4. The first kappa shape index (κ1) is 12.5. The minimum atomic E-state index is 0.421. The zero-order chi connectivity index (χ0) is 12.8. The minimum absolute atomic E-state index is 0.421. The lowest BCUT2D eigenvalue weighted by Gasteiger charge is -2.26. The van der Waals surface area contributed by atoms with Gasteiger partial charge in [-0.05, 0) is 18.9 Å². The molecule has 0 bridgehead atoms. The van der Waals surface area contributed by atoms with E-state index in [1.54, 1.807) is 6.20 Å². The highest BCUT2D eigenvalue weighted by Crippen LogP contribution is 2.25. The summed E-state index contributed by atoms with van der Waals surface area (Å²) in [5.41, 5.74) is 1.39. The molecule has 4 nitrogen and oxygen atoms in total. The van der Waals surface area contributed by atoms with Crippen molar-refractivity contribution in [3.05, 3.63) is 29.6 Å². The van der Waals surface area contributed by atoms with Crippen LogP contribution in [0.4, 0.5) is 0 Å². The summed E-state index contributed by atoms with van der Waals surface area (Å²) in [6.45, 7) is 1.07. The Morgan fingerprint density at radius 3 is 2.78 bits per heavy atom. The van der Waals surface area contributed by atoms with E-state index in [4.69, 9.17) is 10.5 Å². The maximum Gasteiger partial charge on any atom is 0.144 e. The molecule has 0 amide bonds. The van der Waals surface area contributed by atoms with Crippen molar-refractivity contribution in [3.8, 4) is 12.1 Å². The van der Waals surface area contributed by atoms with Gasteiger partial charge >= 0.3 is 0 Å². The predicted molar refractivity (Wildman–Crippen MR) is 67.2 cm³/mol. The van der Waals surface area contributed by atoms with Crippen LogP contribution in [0.1, 0.15) is 36.9 Å². The highest BCUT2D eigenvalue weighted by molar-refractivity contribution is 5.30. The molecule has 1 saturated carbocycles. The normalized spacial score (nSPS) is 15.5. The van der Waals surface area contributed by atoms with Crippen molar-refractivity contribution in [3.63, 3.8) is 0 Å². The SMILES string of the molecule is N#CCN(Cc1cccnc1C#N)C1CCCC1. The summed E-state index contributed by atoms with van der Waals surface area (Å²) in [5.74, 6) is 0. The van der Waals surface area contributed by atoms with Crippen molar-refractivity contribution in [2.75, 3.05) is 6.54 Å². The molecule has 1 heterocycles. The summed E-state index contributed by atoms with van der Waals surface area (Å²) in [7, 11) is 0. The lowest BCUT2D eigenvalue weighted by molar-refractivity contribution is 0.214. The monoisotopic (exact) mass is 240 g/mol. The van der Waals surface area contributed by atoms with Crippen LogP contribution in [-0.4, -0.2) is 22.5 Å². The van der Waals surface area contributed by atoms with Crippen LogP contribution in [0.15, 0.2) is 18.3 Å². The average Bonchev–Trinajstić information content (AvgIpc) is 2.92. The quantitative estimate of drug-likeness (QED) is 0.757. The summed E-state index contributed by atoms with van der Waals surface area (Å²) in [4.78, 5) is 6.24. The molecule has 1 aliphatic carbocycles. The standard InChI is InChI=1S/C14H16N4/c15-7-9-18(13-5-1-2-6-13)11-12-4-3-8-17-14(12)10-16/h3-4,8,13H,1-2,5-6,9,11H2. The Morgan fingerprint density at radius 2 is 2.11 bits per heavy atom. The van der Waals surface area contributed by atoms with E-state index < -0.39 is 0 Å². The van der Waals surface area contributed by atoms with Gasteiger partial charge in [0.2, 0.25) is 0 Å². The average molecular weight is 240 g/mol. The molecule has 0 unspecified atom stereocenters. The third kappa shape index (κ3) is 2.85. The fourth-order valence-electron chi connectivity index (χ4n) is 2.56. The van der Waals surface area contributed by atoms with Gasteiger partial charge < -0.3 is 0 Å². The van der Waals surface area contributed by atoms with Crippen molar-refractivity contribution in [1.29, 1.82) is 10.5 Å². The molecular weight excluding hydrogens is 224 g/mol. The third-order valence-electron chi connectivity index (χ3n) is 3.49. The Morgan fingerprint density at radius 1 is 1.33 bits per heavy atom. The number of nitrogens with zero attached hydrogens (tertiary/aromatic N) is 4. The number of nitriles is 2. The summed E-state index contributed by atoms with van der Waals surface area (Å²) in [6, 6.07) is 8.58. The first-order chi connectivity index (χ1) is 8.85. The van der Waals surface area contributed by atoms with E-state index in [1.807, 2.05) is 12.1 Å². The Bertz CT molecular complexity index is 477. The second-order valence-electron chi connectivity index (χ2n) is 4.62. The van der Waals surface area contributed by atoms with Crippen molar-refractivity contribution in [2.45, 2.75) is 38.3 Å². The van der Waals surface area contributed by atoms with Gasteiger partial charge in [-0.25, -0.2) is 4.98 Å². The van der Waals surface area contributed by atoms with Crippen LogP contribution >= 0.6 is 0 Å². The third-order valence-corrected chi connectivity index (χ3v) is 3.49. The van der Waals surface area contributed by atoms with E-state index in [0.29, 0.717) is 24.8 Å². The van der Waals surface area contributed by atoms with E-state index in [-0.39, 0.29) is 0 Å². The molecule has 0 N–H and O–H groups in total. The van der Waals surface area contributed by atoms with E-state index in [2.05, 4.69) is 22.0 Å². The van der Waals surface area contributed by atoms with Crippen molar-refractivity contribution in [2.24, 2.45) is 0 Å². The van der Waals surface area contributed by atoms with Gasteiger partial charge in [-0.2, -0.15) is 10.5 Å². The van der Waals surface area contributed by atoms with Gasteiger partial charge in [-0.3, -0.25) is 4.90 Å². The highest BCUT2D eigenvalue weighted by Gasteiger charge is 2.23. The minimum Gasteiger partial charge on any atom is -0.283 e. The van der Waals surface area contributed by atoms with Crippen LogP contribution in [0.3, 0.4) is 0 Å². The molecule has 1 aliphatic rings. The number of pyridine rings is 1. The molecule has 1 aromatic rings. The van der Waals surface area contributed by atoms with E-state index in [9.17, 15) is 0 Å². The van der Waals surface area contributed by atoms with E-state index in [0.717, 1.165) is 18.4 Å². The molecule has 0 atom stereocenters. The zero-order valence-electron chi connectivity index (χ0n) is 10.3. The fraction of sp³-hybridized carbons (Fsp3) is 0.500. The van der Waals surface area contributed by atoms with Crippen LogP contribution in [0, 0.1) is 22.7 Å². The Labute approximate surface area is 107 Å². The first-order valence-electron chi connectivity index (χ1n) is 6.30. The molecule has 1 aromatic heterocycles. The van der Waals surface area contributed by atoms with Crippen molar-refractivity contribution < 1.29 is 0 Å². The molecule has 4 heteroatoms. The van der Waals surface area contributed by atoms with Crippen LogP contribution in [0.2, 0.25) is 0 Å². The second-order valence-corrected chi connectivity index (χ2v) is 4.62. The summed E-state index contributed by atoms with van der Waals surface area (Å²) < 4.78 is 0. The Balaban J connectivity index is 2.13. The Kier molecular flexibility index (Phi) is 4.28. The summed E-state index contributed by atoms with van der Waals surface area (Å²) in [6.07, 6.45) is 6.43. The van der Waals surface area contributed by atoms with Crippen LogP contribution in [-0.2, 0) is 6.54 Å². The molecular formula is C14H16N4. The highest BCUT2D eigenvalue weighted by atomic mass is 15.2. The van der Waals surface area contributed by atoms with Gasteiger partial charge in [0, 0.05) is 24.3 Å². The molecule has 0 aliphatic heterocycles. The maximum atomic E-state index is 9.03. The van der Waals surface area contributed by atoms with E-state index in [1.165, 1.54) is 12.8 Å². The largest absolute Gasteiger partial charge is 0.283 e. The van der Waals surface area contributed by atoms with E-state index >= 15 is 0 Å². The predicted octanol–water partition coefficient (Wildman–Crippen LogP) is 2.22. The van der Waals surface area contributed by atoms with Crippen LogP contribution in [0.25, 0.3) is 0 Å². The summed E-state index contributed by atoms with van der Waals surface area (Å²) >= 11 is 0. The molecule has 0 spiro atoms. The number of aromatic nitrogens is 1. The Hall–Kier alpha value is -1.91. The van der Waals surface area contributed by atoms with Gasteiger partial charge in [0.1, 0.15) is 11.8 Å². The van der Waals surface area contributed by atoms with Gasteiger partial charge in [0.05, 0.1) is 12.6 Å². The molecule has 18 heavy (non-hydrogen) atoms. The maximum absolute atomic E-state index is 9.03.